The fraction of sp³-hybridized carbons (Fsp3) is 0.409. The lowest BCUT2D eigenvalue weighted by atomic mass is 10.1. The van der Waals surface area contributed by atoms with E-state index in [0.717, 1.165) is 23.4 Å². The number of rotatable bonds is 7. The fourth-order valence-electron chi connectivity index (χ4n) is 3.94. The van der Waals surface area contributed by atoms with Gasteiger partial charge in [-0.25, -0.2) is 8.42 Å². The number of fused-ring (bicyclic) bond motifs is 1. The van der Waals surface area contributed by atoms with Gasteiger partial charge in [0, 0.05) is 25.3 Å². The van der Waals surface area contributed by atoms with Crippen molar-refractivity contribution >= 4 is 27.3 Å². The van der Waals surface area contributed by atoms with Crippen LogP contribution in [0.25, 0.3) is 0 Å². The summed E-state index contributed by atoms with van der Waals surface area (Å²) in [5.74, 6) is 0.601. The first-order valence-corrected chi connectivity index (χ1v) is 11.8. The lowest BCUT2D eigenvalue weighted by Crippen LogP contribution is -2.62. The van der Waals surface area contributed by atoms with E-state index in [-0.39, 0.29) is 5.91 Å². The maximum Gasteiger partial charge on any atom is 0.241 e. The van der Waals surface area contributed by atoms with E-state index in [1.807, 2.05) is 48.2 Å². The van der Waals surface area contributed by atoms with Crippen molar-refractivity contribution in [2.45, 2.75) is 31.6 Å². The second-order valence-corrected chi connectivity index (χ2v) is 9.83. The number of carbonyl (C=O) groups is 1. The minimum Gasteiger partial charge on any atom is -0.494 e. The Hall–Kier alpha value is -2.58. The number of para-hydroxylation sites is 1. The molecule has 1 amide bonds. The zero-order valence-corrected chi connectivity index (χ0v) is 18.1. The number of carbonyl (C=O) groups excluding carboxylic acids is 1. The number of amides is 1. The predicted octanol–water partition coefficient (Wildman–Crippen LogP) is 2.49. The topological polar surface area (TPSA) is 79.0 Å². The number of likely N-dealkylation sites (tertiary alicyclic amines) is 1. The van der Waals surface area contributed by atoms with Crippen molar-refractivity contribution in [2.75, 3.05) is 35.9 Å². The molecule has 30 heavy (non-hydrogen) atoms. The van der Waals surface area contributed by atoms with Gasteiger partial charge in [-0.1, -0.05) is 18.2 Å². The molecule has 2 aliphatic heterocycles. The Morgan fingerprint density at radius 1 is 1.17 bits per heavy atom. The molecule has 1 unspecified atom stereocenters. The van der Waals surface area contributed by atoms with Crippen LogP contribution >= 0.6 is 0 Å². The average Bonchev–Trinajstić information content (AvgIpc) is 3.13. The fourth-order valence-corrected chi connectivity index (χ4v) is 5.86. The summed E-state index contributed by atoms with van der Waals surface area (Å²) in [4.78, 5) is 14.5. The third kappa shape index (κ3) is 3.89. The predicted molar refractivity (Wildman–Crippen MR) is 117 cm³/mol. The largest absolute Gasteiger partial charge is 0.494 e. The Balaban J connectivity index is 1.34. The molecule has 1 saturated heterocycles. The minimum atomic E-state index is -3.43. The molecule has 1 N–H and O–H groups in total. The van der Waals surface area contributed by atoms with Gasteiger partial charge in [0.05, 0.1) is 18.3 Å². The molecule has 2 aromatic rings. The normalized spacial score (nSPS) is 17.9. The highest BCUT2D eigenvalue weighted by molar-refractivity contribution is 7.93. The van der Waals surface area contributed by atoms with Crippen molar-refractivity contribution in [3.05, 3.63) is 54.1 Å². The number of hydrogen-bond donors (Lipinski definition) is 1. The van der Waals surface area contributed by atoms with E-state index in [1.54, 1.807) is 19.1 Å². The van der Waals surface area contributed by atoms with Crippen LogP contribution in [0.3, 0.4) is 0 Å². The van der Waals surface area contributed by atoms with Gasteiger partial charge in [-0.15, -0.1) is 0 Å². The molecular formula is C22H27N3O4S. The molecule has 2 aromatic carbocycles. The van der Waals surface area contributed by atoms with Gasteiger partial charge in [0.1, 0.15) is 11.0 Å². The lowest BCUT2D eigenvalue weighted by molar-refractivity contribution is -0.121. The lowest BCUT2D eigenvalue weighted by Gasteiger charge is -2.43. The summed E-state index contributed by atoms with van der Waals surface area (Å²) in [6, 6.07) is 14.4. The first-order chi connectivity index (χ1) is 14.4. The van der Waals surface area contributed by atoms with E-state index in [4.69, 9.17) is 4.74 Å². The average molecular weight is 430 g/mol. The Morgan fingerprint density at radius 2 is 1.87 bits per heavy atom. The van der Waals surface area contributed by atoms with E-state index in [0.29, 0.717) is 31.9 Å². The Morgan fingerprint density at radius 3 is 2.57 bits per heavy atom. The van der Waals surface area contributed by atoms with Crippen LogP contribution in [0, 0.1) is 0 Å². The van der Waals surface area contributed by atoms with Gasteiger partial charge >= 0.3 is 0 Å². The second kappa shape index (κ2) is 8.28. The Labute approximate surface area is 177 Å². The third-order valence-electron chi connectivity index (χ3n) is 5.81. The van der Waals surface area contributed by atoms with Crippen LogP contribution < -0.4 is 14.4 Å². The molecule has 2 heterocycles. The number of anilines is 2. The van der Waals surface area contributed by atoms with Crippen LogP contribution in [-0.4, -0.2) is 56.8 Å². The standard InChI is InChI=1S/C22H27N3O4S/c1-3-29-19-10-8-18(9-11-19)23-22(26)16(2)24-14-20(15-24)30(27,28)25-13-12-17-6-4-5-7-21(17)25/h4-11,16,20H,3,12-15H2,1-2H3,(H,23,26). The van der Waals surface area contributed by atoms with Gasteiger partial charge in [-0.3, -0.25) is 14.0 Å². The maximum atomic E-state index is 13.1. The SMILES string of the molecule is CCOc1ccc(NC(=O)C(C)N2CC(S(=O)(=O)N3CCc4ccccc43)C2)cc1. The van der Waals surface area contributed by atoms with E-state index in [2.05, 4.69) is 5.32 Å². The molecule has 1 atom stereocenters. The number of nitrogens with one attached hydrogen (secondary N) is 1. The summed E-state index contributed by atoms with van der Waals surface area (Å²) in [7, 11) is -3.43. The quantitative estimate of drug-likeness (QED) is 0.732. The van der Waals surface area contributed by atoms with Crippen molar-refractivity contribution in [2.24, 2.45) is 0 Å². The molecule has 0 saturated carbocycles. The van der Waals surface area contributed by atoms with Crippen molar-refractivity contribution in [1.82, 2.24) is 4.90 Å². The molecule has 160 valence electrons. The summed E-state index contributed by atoms with van der Waals surface area (Å²) in [5.41, 5.74) is 2.55. The third-order valence-corrected chi connectivity index (χ3v) is 7.94. The maximum absolute atomic E-state index is 13.1. The van der Waals surface area contributed by atoms with Gasteiger partial charge in [0.15, 0.2) is 0 Å². The molecule has 4 rings (SSSR count). The van der Waals surface area contributed by atoms with Crippen LogP contribution in [-0.2, 0) is 21.2 Å². The first kappa shape index (κ1) is 20.7. The van der Waals surface area contributed by atoms with E-state index in [1.165, 1.54) is 4.31 Å². The molecule has 8 heteroatoms. The van der Waals surface area contributed by atoms with Crippen molar-refractivity contribution in [3.8, 4) is 5.75 Å². The molecule has 1 fully saturated rings. The van der Waals surface area contributed by atoms with Crippen LogP contribution in [0.5, 0.6) is 5.75 Å². The summed E-state index contributed by atoms with van der Waals surface area (Å²) < 4.78 is 33.1. The summed E-state index contributed by atoms with van der Waals surface area (Å²) in [5, 5.41) is 2.40. The minimum absolute atomic E-state index is 0.151. The Kier molecular flexibility index (Phi) is 5.71. The highest BCUT2D eigenvalue weighted by atomic mass is 32.2. The van der Waals surface area contributed by atoms with Crippen molar-refractivity contribution in [1.29, 1.82) is 0 Å². The molecule has 0 aliphatic carbocycles. The van der Waals surface area contributed by atoms with E-state index < -0.39 is 21.3 Å². The second-order valence-electron chi connectivity index (χ2n) is 7.69. The number of benzene rings is 2. The zero-order valence-electron chi connectivity index (χ0n) is 17.2. The van der Waals surface area contributed by atoms with Crippen LogP contribution in [0.1, 0.15) is 19.4 Å². The summed E-state index contributed by atoms with van der Waals surface area (Å²) in [6.07, 6.45) is 0.743. The van der Waals surface area contributed by atoms with Gasteiger partial charge in [-0.05, 0) is 56.2 Å². The number of hydrogen-bond acceptors (Lipinski definition) is 5. The highest BCUT2D eigenvalue weighted by Crippen LogP contribution is 2.33. The van der Waals surface area contributed by atoms with Crippen LogP contribution in [0.15, 0.2) is 48.5 Å². The van der Waals surface area contributed by atoms with Crippen molar-refractivity contribution < 1.29 is 17.9 Å². The van der Waals surface area contributed by atoms with Gasteiger partial charge in [0.2, 0.25) is 15.9 Å². The monoisotopic (exact) mass is 429 g/mol. The zero-order chi connectivity index (χ0) is 21.3. The Bertz CT molecular complexity index is 1020. The van der Waals surface area contributed by atoms with Gasteiger partial charge < -0.3 is 10.1 Å². The van der Waals surface area contributed by atoms with Gasteiger partial charge in [-0.2, -0.15) is 0 Å². The molecular weight excluding hydrogens is 402 g/mol. The van der Waals surface area contributed by atoms with E-state index >= 15 is 0 Å². The number of ether oxygens (including phenoxy) is 1. The molecule has 0 spiro atoms. The summed E-state index contributed by atoms with van der Waals surface area (Å²) >= 11 is 0. The first-order valence-electron chi connectivity index (χ1n) is 10.3. The van der Waals surface area contributed by atoms with Gasteiger partial charge in [0.25, 0.3) is 0 Å². The smallest absolute Gasteiger partial charge is 0.241 e. The van der Waals surface area contributed by atoms with E-state index in [9.17, 15) is 13.2 Å². The molecule has 0 aromatic heterocycles. The molecule has 2 aliphatic rings. The number of nitrogens with zero attached hydrogens (tertiary/aromatic N) is 2. The molecule has 0 bridgehead atoms. The van der Waals surface area contributed by atoms with Crippen LogP contribution in [0.2, 0.25) is 0 Å². The highest BCUT2D eigenvalue weighted by Gasteiger charge is 2.45. The molecule has 7 nitrogen and oxygen atoms in total. The molecule has 0 radical (unpaired) electrons. The van der Waals surface area contributed by atoms with Crippen LogP contribution in [0.4, 0.5) is 11.4 Å². The number of sulfonamides is 1. The van der Waals surface area contributed by atoms with Crippen molar-refractivity contribution in [3.63, 3.8) is 0 Å². The summed E-state index contributed by atoms with van der Waals surface area (Å²) in [6.45, 7) is 5.52.